The van der Waals surface area contributed by atoms with E-state index in [4.69, 9.17) is 9.47 Å². The van der Waals surface area contributed by atoms with Crippen LogP contribution in [0.5, 0.6) is 0 Å². The quantitative estimate of drug-likeness (QED) is 0.572. The number of rotatable bonds is 1. The van der Waals surface area contributed by atoms with Gasteiger partial charge in [-0.2, -0.15) is 0 Å². The lowest BCUT2D eigenvalue weighted by atomic mass is 10.2. The Hall–Kier alpha value is -1.18. The molecule has 0 aromatic rings. The highest BCUT2D eigenvalue weighted by Gasteiger charge is 2.10. The molecule has 0 unspecified atom stereocenters. The van der Waals surface area contributed by atoms with E-state index in [-0.39, 0.29) is 0 Å². The van der Waals surface area contributed by atoms with Crippen LogP contribution in [0.4, 0.5) is 0 Å². The Labute approximate surface area is 66.8 Å². The van der Waals surface area contributed by atoms with Crippen LogP contribution in [0.25, 0.3) is 0 Å². The van der Waals surface area contributed by atoms with E-state index in [2.05, 4.69) is 13.2 Å². The Kier molecular flexibility index (Phi) is 2.36. The van der Waals surface area contributed by atoms with Gasteiger partial charge in [0, 0.05) is 0 Å². The van der Waals surface area contributed by atoms with Crippen LogP contribution < -0.4 is 0 Å². The fourth-order valence-electron chi connectivity index (χ4n) is 0.814. The third-order valence-corrected chi connectivity index (χ3v) is 1.27. The fourth-order valence-corrected chi connectivity index (χ4v) is 0.814. The summed E-state index contributed by atoms with van der Waals surface area (Å²) in [7, 11) is 0. The molecule has 0 saturated carbocycles. The second kappa shape index (κ2) is 3.28. The Morgan fingerprint density at radius 2 is 2.09 bits per heavy atom. The molecule has 2 nitrogen and oxygen atoms in total. The summed E-state index contributed by atoms with van der Waals surface area (Å²) in [5.74, 6) is 1.29. The first-order valence-corrected chi connectivity index (χ1v) is 3.52. The van der Waals surface area contributed by atoms with E-state index in [9.17, 15) is 0 Å². The molecular weight excluding hydrogens is 140 g/mol. The standard InChI is InChI=1S/C9H12O2/c1-7(2)6-9-8(3)10-4-5-11-9/h6H,1,3-5H2,2H3/b9-6+. The van der Waals surface area contributed by atoms with Gasteiger partial charge in [0.2, 0.25) is 0 Å². The molecule has 11 heavy (non-hydrogen) atoms. The molecule has 0 atom stereocenters. The van der Waals surface area contributed by atoms with Crippen molar-refractivity contribution in [1.82, 2.24) is 0 Å². The lowest BCUT2D eigenvalue weighted by Crippen LogP contribution is -2.13. The van der Waals surface area contributed by atoms with E-state index in [1.54, 1.807) is 0 Å². The molecule has 1 heterocycles. The zero-order chi connectivity index (χ0) is 8.27. The Morgan fingerprint density at radius 3 is 2.64 bits per heavy atom. The molecular formula is C9H12O2. The van der Waals surface area contributed by atoms with Gasteiger partial charge in [0.25, 0.3) is 0 Å². The Morgan fingerprint density at radius 1 is 1.45 bits per heavy atom. The lowest BCUT2D eigenvalue weighted by molar-refractivity contribution is 0.0605. The molecule has 1 aliphatic heterocycles. The molecule has 0 amide bonds. The molecule has 1 aliphatic rings. The molecule has 0 spiro atoms. The van der Waals surface area contributed by atoms with E-state index < -0.39 is 0 Å². The van der Waals surface area contributed by atoms with Gasteiger partial charge in [-0.05, 0) is 13.0 Å². The van der Waals surface area contributed by atoms with Gasteiger partial charge in [-0.3, -0.25) is 0 Å². The second-order valence-corrected chi connectivity index (χ2v) is 2.48. The third kappa shape index (κ3) is 2.15. The first-order valence-electron chi connectivity index (χ1n) is 3.52. The molecule has 0 radical (unpaired) electrons. The van der Waals surface area contributed by atoms with Gasteiger partial charge in [0.05, 0.1) is 0 Å². The van der Waals surface area contributed by atoms with Crippen molar-refractivity contribution in [3.63, 3.8) is 0 Å². The van der Waals surface area contributed by atoms with Gasteiger partial charge < -0.3 is 9.47 Å². The van der Waals surface area contributed by atoms with Crippen LogP contribution in [0.3, 0.4) is 0 Å². The van der Waals surface area contributed by atoms with Crippen molar-refractivity contribution in [3.8, 4) is 0 Å². The maximum atomic E-state index is 5.28. The van der Waals surface area contributed by atoms with Crippen LogP contribution in [0.2, 0.25) is 0 Å². The second-order valence-electron chi connectivity index (χ2n) is 2.48. The number of hydrogen-bond acceptors (Lipinski definition) is 2. The molecule has 0 bridgehead atoms. The Bertz CT molecular complexity index is 214. The highest BCUT2D eigenvalue weighted by molar-refractivity contribution is 5.26. The van der Waals surface area contributed by atoms with Crippen LogP contribution in [0, 0.1) is 0 Å². The lowest BCUT2D eigenvalue weighted by Gasteiger charge is -2.19. The minimum Gasteiger partial charge on any atom is -0.487 e. The fraction of sp³-hybridized carbons (Fsp3) is 0.333. The van der Waals surface area contributed by atoms with Crippen LogP contribution in [-0.2, 0) is 9.47 Å². The molecule has 2 heteroatoms. The summed E-state index contributed by atoms with van der Waals surface area (Å²) in [6, 6.07) is 0. The largest absolute Gasteiger partial charge is 0.487 e. The van der Waals surface area contributed by atoms with Crippen molar-refractivity contribution in [2.75, 3.05) is 13.2 Å². The molecule has 0 N–H and O–H groups in total. The van der Waals surface area contributed by atoms with Gasteiger partial charge in [-0.25, -0.2) is 0 Å². The predicted molar refractivity (Wildman–Crippen MR) is 43.9 cm³/mol. The van der Waals surface area contributed by atoms with Crippen LogP contribution in [0.15, 0.2) is 36.3 Å². The van der Waals surface area contributed by atoms with E-state index in [0.29, 0.717) is 24.7 Å². The highest BCUT2D eigenvalue weighted by Crippen LogP contribution is 2.17. The smallest absolute Gasteiger partial charge is 0.160 e. The van der Waals surface area contributed by atoms with E-state index in [1.807, 2.05) is 13.0 Å². The summed E-state index contributed by atoms with van der Waals surface area (Å²) in [5, 5.41) is 0. The summed E-state index contributed by atoms with van der Waals surface area (Å²) in [6.45, 7) is 10.5. The predicted octanol–water partition coefficient (Wildman–Crippen LogP) is 2.01. The summed E-state index contributed by atoms with van der Waals surface area (Å²) in [4.78, 5) is 0. The molecule has 1 fully saturated rings. The van der Waals surface area contributed by atoms with Crippen molar-refractivity contribution >= 4 is 0 Å². The van der Waals surface area contributed by atoms with Crippen molar-refractivity contribution < 1.29 is 9.47 Å². The van der Waals surface area contributed by atoms with Gasteiger partial charge in [0.15, 0.2) is 11.5 Å². The summed E-state index contributed by atoms with van der Waals surface area (Å²) in [5.41, 5.74) is 0.937. The summed E-state index contributed by atoms with van der Waals surface area (Å²) >= 11 is 0. The minimum atomic E-state index is 0.590. The highest BCUT2D eigenvalue weighted by atomic mass is 16.6. The topological polar surface area (TPSA) is 18.5 Å². The molecule has 0 aromatic carbocycles. The zero-order valence-corrected chi connectivity index (χ0v) is 6.72. The Balaban J connectivity index is 2.68. The van der Waals surface area contributed by atoms with E-state index in [1.165, 1.54) is 0 Å². The summed E-state index contributed by atoms with van der Waals surface area (Å²) < 4.78 is 10.4. The molecule has 0 aliphatic carbocycles. The van der Waals surface area contributed by atoms with Crippen LogP contribution in [-0.4, -0.2) is 13.2 Å². The van der Waals surface area contributed by atoms with E-state index in [0.717, 1.165) is 5.57 Å². The maximum absolute atomic E-state index is 5.28. The normalized spacial score (nSPS) is 20.8. The van der Waals surface area contributed by atoms with Crippen molar-refractivity contribution in [2.45, 2.75) is 6.92 Å². The van der Waals surface area contributed by atoms with Gasteiger partial charge in [-0.1, -0.05) is 18.7 Å². The average molecular weight is 152 g/mol. The third-order valence-electron chi connectivity index (χ3n) is 1.27. The SMILES string of the molecule is C=C(C)/C=C1/OCCOC1=C. The number of ether oxygens (including phenoxy) is 2. The molecule has 1 rings (SSSR count). The molecule has 60 valence electrons. The van der Waals surface area contributed by atoms with Gasteiger partial charge in [-0.15, -0.1) is 0 Å². The monoisotopic (exact) mass is 152 g/mol. The summed E-state index contributed by atoms with van der Waals surface area (Å²) in [6.07, 6.45) is 1.82. The number of hydrogen-bond donors (Lipinski definition) is 0. The van der Waals surface area contributed by atoms with Crippen LogP contribution in [0.1, 0.15) is 6.92 Å². The average Bonchev–Trinajstić information content (AvgIpc) is 1.93. The van der Waals surface area contributed by atoms with Gasteiger partial charge >= 0.3 is 0 Å². The first-order chi connectivity index (χ1) is 5.20. The molecule has 1 saturated heterocycles. The van der Waals surface area contributed by atoms with Gasteiger partial charge in [0.1, 0.15) is 13.2 Å². The number of allylic oxidation sites excluding steroid dienone is 2. The van der Waals surface area contributed by atoms with Crippen molar-refractivity contribution in [2.24, 2.45) is 0 Å². The van der Waals surface area contributed by atoms with Crippen molar-refractivity contribution in [1.29, 1.82) is 0 Å². The van der Waals surface area contributed by atoms with E-state index >= 15 is 0 Å². The maximum Gasteiger partial charge on any atom is 0.160 e. The minimum absolute atomic E-state index is 0.590. The van der Waals surface area contributed by atoms with Crippen molar-refractivity contribution in [3.05, 3.63) is 36.3 Å². The van der Waals surface area contributed by atoms with Crippen LogP contribution >= 0.6 is 0 Å². The molecule has 0 aromatic heterocycles. The first kappa shape index (κ1) is 7.92. The zero-order valence-electron chi connectivity index (χ0n) is 6.72.